The average Bonchev–Trinajstić information content (AvgIpc) is 2.92. The smallest absolute Gasteiger partial charge is 0.422 e. The third kappa shape index (κ3) is 7.35. The van der Waals surface area contributed by atoms with Gasteiger partial charge in [-0.25, -0.2) is 33.1 Å². The van der Waals surface area contributed by atoms with Crippen LogP contribution in [0.3, 0.4) is 0 Å². The number of nitrogens with two attached hydrogens (primary N) is 1. The van der Waals surface area contributed by atoms with Gasteiger partial charge in [-0.05, 0) is 37.0 Å². The Morgan fingerprint density at radius 2 is 1.68 bits per heavy atom. The molecular formula is C28H28F3N5O4S. The van der Waals surface area contributed by atoms with E-state index in [0.29, 0.717) is 34.6 Å². The van der Waals surface area contributed by atoms with Crippen molar-refractivity contribution in [3.63, 3.8) is 0 Å². The van der Waals surface area contributed by atoms with E-state index in [1.165, 1.54) is 10.6 Å². The van der Waals surface area contributed by atoms with E-state index < -0.39 is 28.4 Å². The van der Waals surface area contributed by atoms with Gasteiger partial charge in [-0.3, -0.25) is 4.79 Å². The van der Waals surface area contributed by atoms with Crippen LogP contribution in [0.25, 0.3) is 17.1 Å². The molecule has 0 saturated carbocycles. The van der Waals surface area contributed by atoms with Crippen LogP contribution in [0.4, 0.5) is 13.2 Å². The van der Waals surface area contributed by atoms with E-state index in [-0.39, 0.29) is 23.0 Å². The van der Waals surface area contributed by atoms with Crippen LogP contribution in [0.1, 0.15) is 42.4 Å². The fourth-order valence-electron chi connectivity index (χ4n) is 4.31. The molecule has 41 heavy (non-hydrogen) atoms. The molecule has 2 heterocycles. The van der Waals surface area contributed by atoms with Gasteiger partial charge in [0.1, 0.15) is 5.82 Å². The highest BCUT2D eigenvalue weighted by molar-refractivity contribution is 7.89. The molecule has 4 aromatic rings. The minimum atomic E-state index is -4.51. The maximum absolute atomic E-state index is 13.7. The predicted octanol–water partition coefficient (Wildman–Crippen LogP) is 4.52. The lowest BCUT2D eigenvalue weighted by Crippen LogP contribution is -2.29. The first-order valence-corrected chi connectivity index (χ1v) is 14.3. The zero-order chi connectivity index (χ0) is 29.8. The van der Waals surface area contributed by atoms with Gasteiger partial charge in [-0.15, -0.1) is 0 Å². The summed E-state index contributed by atoms with van der Waals surface area (Å²) in [6.07, 6.45) is 0.148. The Kier molecular flexibility index (Phi) is 8.88. The van der Waals surface area contributed by atoms with E-state index in [2.05, 4.69) is 19.7 Å². The van der Waals surface area contributed by atoms with Crippen molar-refractivity contribution in [3.8, 4) is 22.8 Å². The normalized spacial score (nSPS) is 12.0. The molecule has 0 saturated heterocycles. The number of hydrogen-bond acceptors (Lipinski definition) is 7. The first-order valence-electron chi connectivity index (χ1n) is 12.7. The lowest BCUT2D eigenvalue weighted by atomic mass is 9.98. The largest absolute Gasteiger partial charge is 0.481 e. The molecule has 0 aliphatic carbocycles. The van der Waals surface area contributed by atoms with E-state index >= 15 is 0 Å². The van der Waals surface area contributed by atoms with Crippen LogP contribution in [0, 0.1) is 6.92 Å². The first kappa shape index (κ1) is 29.9. The van der Waals surface area contributed by atoms with E-state index in [4.69, 9.17) is 5.14 Å². The Labute approximate surface area is 234 Å². The maximum atomic E-state index is 13.7. The summed E-state index contributed by atoms with van der Waals surface area (Å²) in [6, 6.07) is 13.5. The molecule has 4 rings (SSSR count). The van der Waals surface area contributed by atoms with Crippen molar-refractivity contribution in [1.82, 2.24) is 19.5 Å². The second-order valence-electron chi connectivity index (χ2n) is 9.37. The Hall–Kier alpha value is -4.10. The molecule has 0 atom stereocenters. The standard InChI is InChI=1S/C28H28F3N5O4S/c1-3-4-8-24-23(14-19-10-12-20(13-11-19)22-7-5-6-9-25(22)41(32,38)39)26(37)36(18(2)35-24)27-33-15-21(16-34-27)40-17-28(29,30)31/h5-7,9-13,15-16H,3-4,8,14,17H2,1-2H3,(H2,32,38,39). The van der Waals surface area contributed by atoms with Crippen molar-refractivity contribution in [1.29, 1.82) is 0 Å². The molecule has 2 N–H and O–H groups in total. The second kappa shape index (κ2) is 12.2. The lowest BCUT2D eigenvalue weighted by molar-refractivity contribution is -0.153. The lowest BCUT2D eigenvalue weighted by Gasteiger charge is -2.15. The molecule has 2 aromatic carbocycles. The monoisotopic (exact) mass is 587 g/mol. The van der Waals surface area contributed by atoms with Gasteiger partial charge in [0.05, 0.1) is 23.0 Å². The zero-order valence-corrected chi connectivity index (χ0v) is 23.2. The number of unbranched alkanes of at least 4 members (excludes halogenated alkanes) is 1. The summed E-state index contributed by atoms with van der Waals surface area (Å²) >= 11 is 0. The molecule has 0 bridgehead atoms. The van der Waals surface area contributed by atoms with Crippen LogP contribution >= 0.6 is 0 Å². The Bertz CT molecular complexity index is 1690. The number of aryl methyl sites for hydroxylation is 2. The summed E-state index contributed by atoms with van der Waals surface area (Å²) in [5, 5.41) is 5.38. The van der Waals surface area contributed by atoms with E-state index in [0.717, 1.165) is 30.8 Å². The number of benzene rings is 2. The van der Waals surface area contributed by atoms with Crippen molar-refractivity contribution in [3.05, 3.63) is 93.9 Å². The van der Waals surface area contributed by atoms with Crippen molar-refractivity contribution < 1.29 is 26.3 Å². The third-order valence-electron chi connectivity index (χ3n) is 6.25. The van der Waals surface area contributed by atoms with Crippen LogP contribution in [0.5, 0.6) is 5.75 Å². The summed E-state index contributed by atoms with van der Waals surface area (Å²) in [5.41, 5.74) is 2.57. The van der Waals surface area contributed by atoms with Gasteiger partial charge in [-0.2, -0.15) is 13.2 Å². The fourth-order valence-corrected chi connectivity index (χ4v) is 5.07. The third-order valence-corrected chi connectivity index (χ3v) is 7.22. The van der Waals surface area contributed by atoms with Crippen molar-refractivity contribution >= 4 is 10.0 Å². The molecule has 2 aromatic heterocycles. The topological polar surface area (TPSA) is 130 Å². The fraction of sp³-hybridized carbons (Fsp3) is 0.286. The van der Waals surface area contributed by atoms with Gasteiger partial charge in [0.2, 0.25) is 16.0 Å². The highest BCUT2D eigenvalue weighted by Crippen LogP contribution is 2.27. The Morgan fingerprint density at radius 1 is 1.02 bits per heavy atom. The molecule has 0 amide bonds. The van der Waals surface area contributed by atoms with E-state index in [1.807, 2.05) is 6.92 Å². The predicted molar refractivity (Wildman–Crippen MR) is 146 cm³/mol. The molecule has 0 aliphatic heterocycles. The number of rotatable bonds is 10. The summed E-state index contributed by atoms with van der Waals surface area (Å²) < 4.78 is 67.3. The molecule has 0 aliphatic rings. The first-order chi connectivity index (χ1) is 19.4. The van der Waals surface area contributed by atoms with Crippen LogP contribution in [0.15, 0.2) is 70.6 Å². The minimum Gasteiger partial charge on any atom is -0.481 e. The Morgan fingerprint density at radius 3 is 2.29 bits per heavy atom. The number of hydrogen-bond donors (Lipinski definition) is 1. The molecule has 0 radical (unpaired) electrons. The van der Waals surface area contributed by atoms with Gasteiger partial charge in [0.15, 0.2) is 12.4 Å². The van der Waals surface area contributed by atoms with Crippen LogP contribution in [0.2, 0.25) is 0 Å². The van der Waals surface area contributed by atoms with Crippen LogP contribution < -0.4 is 15.4 Å². The minimum absolute atomic E-state index is 0.00930. The molecule has 13 heteroatoms. The number of sulfonamides is 1. The SMILES string of the molecule is CCCCc1nc(C)n(-c2ncc(OCC(F)(F)F)cn2)c(=O)c1Cc1ccc(-c2ccccc2S(N)(=O)=O)cc1. The molecule has 216 valence electrons. The molecule has 0 fully saturated rings. The Balaban J connectivity index is 1.69. The summed E-state index contributed by atoms with van der Waals surface area (Å²) in [7, 11) is -3.93. The molecular weight excluding hydrogens is 559 g/mol. The highest BCUT2D eigenvalue weighted by Gasteiger charge is 2.28. The number of primary sulfonamides is 1. The van der Waals surface area contributed by atoms with Crippen molar-refractivity contribution in [2.45, 2.75) is 50.6 Å². The van der Waals surface area contributed by atoms with Gasteiger partial charge in [-0.1, -0.05) is 55.8 Å². The highest BCUT2D eigenvalue weighted by atomic mass is 32.2. The van der Waals surface area contributed by atoms with Crippen LogP contribution in [-0.2, 0) is 22.9 Å². The second-order valence-corrected chi connectivity index (χ2v) is 10.9. The number of ether oxygens (including phenoxy) is 1. The average molecular weight is 588 g/mol. The molecule has 0 unspecified atom stereocenters. The van der Waals surface area contributed by atoms with Crippen molar-refractivity contribution in [2.75, 3.05) is 6.61 Å². The quantitative estimate of drug-likeness (QED) is 0.289. The maximum Gasteiger partial charge on any atom is 0.422 e. The van der Waals surface area contributed by atoms with E-state index in [9.17, 15) is 26.4 Å². The van der Waals surface area contributed by atoms with Crippen LogP contribution in [-0.4, -0.2) is 40.7 Å². The summed E-state index contributed by atoms with van der Waals surface area (Å²) in [4.78, 5) is 26.5. The van der Waals surface area contributed by atoms with Gasteiger partial charge >= 0.3 is 6.18 Å². The van der Waals surface area contributed by atoms with Gasteiger partial charge < -0.3 is 4.74 Å². The molecule has 0 spiro atoms. The number of halogens is 3. The summed E-state index contributed by atoms with van der Waals surface area (Å²) in [5.74, 6) is 0.106. The number of nitrogens with zero attached hydrogens (tertiary/aromatic N) is 4. The number of alkyl halides is 3. The summed E-state index contributed by atoms with van der Waals surface area (Å²) in [6.45, 7) is 2.18. The molecule has 9 nitrogen and oxygen atoms in total. The zero-order valence-electron chi connectivity index (χ0n) is 22.4. The van der Waals surface area contributed by atoms with Gasteiger partial charge in [0, 0.05) is 17.5 Å². The number of aromatic nitrogens is 4. The van der Waals surface area contributed by atoms with Crippen molar-refractivity contribution in [2.24, 2.45) is 5.14 Å². The van der Waals surface area contributed by atoms with Gasteiger partial charge in [0.25, 0.3) is 5.56 Å². The van der Waals surface area contributed by atoms with E-state index in [1.54, 1.807) is 49.4 Å².